The first-order valence-electron chi connectivity index (χ1n) is 7.63. The van der Waals surface area contributed by atoms with Crippen LogP contribution in [0.5, 0.6) is 0 Å². The summed E-state index contributed by atoms with van der Waals surface area (Å²) < 4.78 is 0. The van der Waals surface area contributed by atoms with Gasteiger partial charge < -0.3 is 15.7 Å². The number of aromatic nitrogens is 2. The molecule has 0 unspecified atom stereocenters. The number of rotatable bonds is 6. The Bertz CT molecular complexity index is 416. The number of anilines is 2. The van der Waals surface area contributed by atoms with Crippen LogP contribution in [0.15, 0.2) is 12.3 Å². The summed E-state index contributed by atoms with van der Waals surface area (Å²) in [5.41, 5.74) is -0.219. The Kier molecular flexibility index (Phi) is 5.17. The van der Waals surface area contributed by atoms with Gasteiger partial charge in [-0.15, -0.1) is 0 Å². The fourth-order valence-corrected chi connectivity index (χ4v) is 2.66. The molecule has 3 N–H and O–H groups in total. The molecule has 0 saturated heterocycles. The van der Waals surface area contributed by atoms with Gasteiger partial charge in [0.2, 0.25) is 5.95 Å². The average molecular weight is 278 g/mol. The third-order valence-electron chi connectivity index (χ3n) is 4.12. The predicted molar refractivity (Wildman–Crippen MR) is 81.9 cm³/mol. The first-order valence-corrected chi connectivity index (χ1v) is 7.63. The molecule has 0 atom stereocenters. The first kappa shape index (κ1) is 15.0. The van der Waals surface area contributed by atoms with E-state index < -0.39 is 0 Å². The quantitative estimate of drug-likeness (QED) is 0.746. The second-order valence-electron chi connectivity index (χ2n) is 5.94. The van der Waals surface area contributed by atoms with Gasteiger partial charge in [0.05, 0.1) is 12.1 Å². The van der Waals surface area contributed by atoms with Crippen LogP contribution in [-0.2, 0) is 0 Å². The van der Waals surface area contributed by atoms with Crippen molar-refractivity contribution >= 4 is 11.8 Å². The lowest BCUT2D eigenvalue weighted by Crippen LogP contribution is -2.45. The predicted octanol–water partition coefficient (Wildman–Crippen LogP) is 2.65. The summed E-state index contributed by atoms with van der Waals surface area (Å²) in [6, 6.07) is 1.87. The maximum atomic E-state index is 9.78. The molecule has 0 aliphatic heterocycles. The van der Waals surface area contributed by atoms with E-state index in [9.17, 15) is 5.11 Å². The van der Waals surface area contributed by atoms with Crippen molar-refractivity contribution in [3.63, 3.8) is 0 Å². The molecule has 5 nitrogen and oxygen atoms in total. The molecule has 20 heavy (non-hydrogen) atoms. The third-order valence-corrected chi connectivity index (χ3v) is 4.12. The van der Waals surface area contributed by atoms with Crippen molar-refractivity contribution in [1.82, 2.24) is 9.97 Å². The molecule has 1 saturated carbocycles. The van der Waals surface area contributed by atoms with E-state index >= 15 is 0 Å². The molecule has 0 radical (unpaired) electrons. The highest BCUT2D eigenvalue weighted by Gasteiger charge is 2.33. The smallest absolute Gasteiger partial charge is 0.224 e. The van der Waals surface area contributed by atoms with Gasteiger partial charge in [-0.1, -0.05) is 13.8 Å². The molecule has 0 aromatic carbocycles. The molecule has 0 bridgehead atoms. The molecular formula is C15H26N4O. The molecule has 1 aromatic rings. The summed E-state index contributed by atoms with van der Waals surface area (Å²) in [4.78, 5) is 8.68. The van der Waals surface area contributed by atoms with E-state index in [2.05, 4.69) is 34.4 Å². The summed E-state index contributed by atoms with van der Waals surface area (Å²) in [7, 11) is 0. The minimum absolute atomic E-state index is 0.154. The van der Waals surface area contributed by atoms with Gasteiger partial charge in [0.25, 0.3) is 0 Å². The second-order valence-corrected chi connectivity index (χ2v) is 5.94. The Balaban J connectivity index is 2.03. The topological polar surface area (TPSA) is 70.1 Å². The highest BCUT2D eigenvalue weighted by Crippen LogP contribution is 2.34. The molecule has 0 amide bonds. The molecule has 5 heteroatoms. The van der Waals surface area contributed by atoms with Crippen LogP contribution in [0.2, 0.25) is 0 Å². The van der Waals surface area contributed by atoms with Crippen LogP contribution in [0.1, 0.15) is 46.0 Å². The SMILES string of the molecule is CCCNc1nccc(NC2(CO)CCC(C)CC2)n1. The fourth-order valence-electron chi connectivity index (χ4n) is 2.66. The number of aliphatic hydroxyl groups excluding tert-OH is 1. The zero-order valence-corrected chi connectivity index (χ0v) is 12.5. The second kappa shape index (κ2) is 6.88. The normalized spacial score (nSPS) is 26.2. The number of hydrogen-bond acceptors (Lipinski definition) is 5. The molecule has 1 fully saturated rings. The maximum Gasteiger partial charge on any atom is 0.224 e. The van der Waals surface area contributed by atoms with Gasteiger partial charge in [-0.3, -0.25) is 0 Å². The summed E-state index contributed by atoms with van der Waals surface area (Å²) >= 11 is 0. The van der Waals surface area contributed by atoms with Crippen LogP contribution in [0.4, 0.5) is 11.8 Å². The number of nitrogens with one attached hydrogen (secondary N) is 2. The van der Waals surface area contributed by atoms with Gasteiger partial charge in [0, 0.05) is 12.7 Å². The van der Waals surface area contributed by atoms with Gasteiger partial charge in [-0.05, 0) is 44.1 Å². The van der Waals surface area contributed by atoms with E-state index in [0.29, 0.717) is 5.95 Å². The summed E-state index contributed by atoms with van der Waals surface area (Å²) in [6.07, 6.45) is 7.08. The van der Waals surface area contributed by atoms with E-state index in [1.54, 1.807) is 6.20 Å². The fraction of sp³-hybridized carbons (Fsp3) is 0.733. The summed E-state index contributed by atoms with van der Waals surface area (Å²) in [5, 5.41) is 16.4. The zero-order valence-electron chi connectivity index (χ0n) is 12.5. The van der Waals surface area contributed by atoms with Crippen LogP contribution >= 0.6 is 0 Å². The minimum Gasteiger partial charge on any atom is -0.394 e. The average Bonchev–Trinajstić information content (AvgIpc) is 2.48. The number of hydrogen-bond donors (Lipinski definition) is 3. The van der Waals surface area contributed by atoms with Crippen LogP contribution in [0.25, 0.3) is 0 Å². The van der Waals surface area contributed by atoms with Crippen molar-refractivity contribution in [2.24, 2.45) is 5.92 Å². The van der Waals surface area contributed by atoms with E-state index in [1.165, 1.54) is 0 Å². The zero-order chi connectivity index (χ0) is 14.4. The van der Waals surface area contributed by atoms with Crippen molar-refractivity contribution in [2.75, 3.05) is 23.8 Å². The lowest BCUT2D eigenvalue weighted by molar-refractivity contribution is 0.155. The Morgan fingerprint density at radius 1 is 1.40 bits per heavy atom. The van der Waals surface area contributed by atoms with Crippen molar-refractivity contribution in [2.45, 2.75) is 51.5 Å². The van der Waals surface area contributed by atoms with E-state index in [-0.39, 0.29) is 12.1 Å². The number of aliphatic hydroxyl groups is 1. The van der Waals surface area contributed by atoms with Crippen molar-refractivity contribution in [1.29, 1.82) is 0 Å². The van der Waals surface area contributed by atoms with Gasteiger partial charge in [0.15, 0.2) is 0 Å². The molecular weight excluding hydrogens is 252 g/mol. The summed E-state index contributed by atoms with van der Waals surface area (Å²) in [5.74, 6) is 2.19. The molecule has 1 heterocycles. The van der Waals surface area contributed by atoms with E-state index in [1.807, 2.05) is 6.07 Å². The molecule has 2 rings (SSSR count). The molecule has 112 valence electrons. The van der Waals surface area contributed by atoms with Crippen molar-refractivity contribution in [3.05, 3.63) is 12.3 Å². The van der Waals surface area contributed by atoms with Crippen LogP contribution in [-0.4, -0.2) is 33.8 Å². The molecule has 0 spiro atoms. The highest BCUT2D eigenvalue weighted by atomic mass is 16.3. The van der Waals surface area contributed by atoms with Gasteiger partial charge >= 0.3 is 0 Å². The lowest BCUT2D eigenvalue weighted by Gasteiger charge is -2.39. The molecule has 1 aliphatic carbocycles. The minimum atomic E-state index is -0.219. The Labute approximate surface area is 121 Å². The standard InChI is InChI=1S/C15H26N4O/c1-3-9-16-14-17-10-6-13(18-14)19-15(11-20)7-4-12(2)5-8-15/h6,10,12,20H,3-5,7-9,11H2,1-2H3,(H2,16,17,18,19). The Hall–Kier alpha value is -1.36. The first-order chi connectivity index (χ1) is 9.67. The Morgan fingerprint density at radius 3 is 2.80 bits per heavy atom. The Morgan fingerprint density at radius 2 is 2.15 bits per heavy atom. The number of nitrogens with zero attached hydrogens (tertiary/aromatic N) is 2. The monoisotopic (exact) mass is 278 g/mol. The van der Waals surface area contributed by atoms with E-state index in [0.717, 1.165) is 50.4 Å². The van der Waals surface area contributed by atoms with Crippen LogP contribution in [0.3, 0.4) is 0 Å². The van der Waals surface area contributed by atoms with Gasteiger partial charge in [0.1, 0.15) is 5.82 Å². The van der Waals surface area contributed by atoms with Crippen molar-refractivity contribution in [3.8, 4) is 0 Å². The van der Waals surface area contributed by atoms with Gasteiger partial charge in [-0.2, -0.15) is 4.98 Å². The van der Waals surface area contributed by atoms with Crippen LogP contribution in [0, 0.1) is 5.92 Å². The van der Waals surface area contributed by atoms with Crippen LogP contribution < -0.4 is 10.6 Å². The maximum absolute atomic E-state index is 9.78. The largest absolute Gasteiger partial charge is 0.394 e. The highest BCUT2D eigenvalue weighted by molar-refractivity contribution is 5.42. The van der Waals surface area contributed by atoms with E-state index in [4.69, 9.17) is 0 Å². The molecule has 1 aliphatic rings. The van der Waals surface area contributed by atoms with Gasteiger partial charge in [-0.25, -0.2) is 4.98 Å². The third kappa shape index (κ3) is 3.82. The summed E-state index contributed by atoms with van der Waals surface area (Å²) in [6.45, 7) is 5.41. The lowest BCUT2D eigenvalue weighted by atomic mass is 9.77. The van der Waals surface area contributed by atoms with Crippen molar-refractivity contribution < 1.29 is 5.11 Å². The molecule has 1 aromatic heterocycles.